The lowest BCUT2D eigenvalue weighted by atomic mass is 10.5. The molecule has 0 aromatic heterocycles. The Morgan fingerprint density at radius 1 is 1.50 bits per heavy atom. The van der Waals surface area contributed by atoms with E-state index in [1.807, 2.05) is 0 Å². The van der Waals surface area contributed by atoms with E-state index in [-0.39, 0.29) is 5.66 Å². The third kappa shape index (κ3) is 1.83. The molecule has 0 aliphatic carbocycles. The standard InChI is InChI=1S/C6H12NO2P/c1-5(2)10(8,9)6(3)4-7/h5-6H,1-3H3,(H,8,9). The van der Waals surface area contributed by atoms with E-state index in [0.717, 1.165) is 0 Å². The van der Waals surface area contributed by atoms with Crippen molar-refractivity contribution in [2.24, 2.45) is 0 Å². The predicted octanol–water partition coefficient (Wildman–Crippen LogP) is 1.58. The van der Waals surface area contributed by atoms with E-state index in [4.69, 9.17) is 5.26 Å². The van der Waals surface area contributed by atoms with Crippen LogP contribution in [0.2, 0.25) is 0 Å². The van der Waals surface area contributed by atoms with Gasteiger partial charge < -0.3 is 4.89 Å². The molecule has 4 heteroatoms. The highest BCUT2D eigenvalue weighted by atomic mass is 31.2. The fraction of sp³-hybridized carbons (Fsp3) is 0.833. The molecule has 0 saturated heterocycles. The molecule has 0 radical (unpaired) electrons. The van der Waals surface area contributed by atoms with Gasteiger partial charge in [-0.3, -0.25) is 4.57 Å². The third-order valence-corrected chi connectivity index (χ3v) is 4.19. The monoisotopic (exact) mass is 161 g/mol. The maximum Gasteiger partial charge on any atom is 0.219 e. The average molecular weight is 161 g/mol. The summed E-state index contributed by atoms with van der Waals surface area (Å²) in [6.07, 6.45) is 0. The van der Waals surface area contributed by atoms with Crippen LogP contribution in [0.15, 0.2) is 0 Å². The van der Waals surface area contributed by atoms with E-state index in [0.29, 0.717) is 0 Å². The molecular weight excluding hydrogens is 149 g/mol. The van der Waals surface area contributed by atoms with Crippen molar-refractivity contribution in [1.82, 2.24) is 0 Å². The van der Waals surface area contributed by atoms with E-state index in [9.17, 15) is 9.46 Å². The van der Waals surface area contributed by atoms with Crippen LogP contribution in [0, 0.1) is 11.3 Å². The lowest BCUT2D eigenvalue weighted by Crippen LogP contribution is -2.08. The molecule has 0 aliphatic rings. The van der Waals surface area contributed by atoms with Crippen molar-refractivity contribution >= 4 is 7.37 Å². The average Bonchev–Trinajstić information content (AvgIpc) is 1.86. The Balaban J connectivity index is 4.45. The molecule has 2 unspecified atom stereocenters. The van der Waals surface area contributed by atoms with Crippen LogP contribution in [0.5, 0.6) is 0 Å². The van der Waals surface area contributed by atoms with E-state index in [2.05, 4.69) is 0 Å². The van der Waals surface area contributed by atoms with Crippen LogP contribution in [0.1, 0.15) is 20.8 Å². The number of nitriles is 1. The summed E-state index contributed by atoms with van der Waals surface area (Å²) in [7, 11) is -3.22. The van der Waals surface area contributed by atoms with Gasteiger partial charge in [-0.2, -0.15) is 5.26 Å². The molecule has 0 spiro atoms. The van der Waals surface area contributed by atoms with E-state index in [1.165, 1.54) is 6.92 Å². The van der Waals surface area contributed by atoms with Crippen LogP contribution in [0.25, 0.3) is 0 Å². The number of hydrogen-bond donors (Lipinski definition) is 1. The molecular formula is C6H12NO2P. The summed E-state index contributed by atoms with van der Waals surface area (Å²) in [5, 5.41) is 8.34. The van der Waals surface area contributed by atoms with Crippen molar-refractivity contribution in [3.63, 3.8) is 0 Å². The number of nitrogens with zero attached hydrogens (tertiary/aromatic N) is 1. The molecule has 0 aromatic carbocycles. The molecule has 0 heterocycles. The molecule has 2 atom stereocenters. The van der Waals surface area contributed by atoms with Gasteiger partial charge in [-0.25, -0.2) is 0 Å². The third-order valence-electron chi connectivity index (χ3n) is 1.48. The molecule has 58 valence electrons. The lowest BCUT2D eigenvalue weighted by molar-refractivity contribution is 0.464. The van der Waals surface area contributed by atoms with Gasteiger partial charge >= 0.3 is 0 Å². The fourth-order valence-electron chi connectivity index (χ4n) is 0.530. The minimum atomic E-state index is -3.22. The topological polar surface area (TPSA) is 61.1 Å². The Bertz CT molecular complexity index is 194. The summed E-state index contributed by atoms with van der Waals surface area (Å²) in [5.74, 6) is 0. The van der Waals surface area contributed by atoms with Gasteiger partial charge in [0.15, 0.2) is 0 Å². The predicted molar refractivity (Wildman–Crippen MR) is 40.0 cm³/mol. The van der Waals surface area contributed by atoms with Crippen LogP contribution in [0.3, 0.4) is 0 Å². The summed E-state index contributed by atoms with van der Waals surface area (Å²) in [4.78, 5) is 9.19. The highest BCUT2D eigenvalue weighted by Gasteiger charge is 2.30. The second-order valence-electron chi connectivity index (χ2n) is 2.57. The van der Waals surface area contributed by atoms with Gasteiger partial charge in [-0.05, 0) is 6.92 Å². The normalized spacial score (nSPS) is 19.6. The van der Waals surface area contributed by atoms with Gasteiger partial charge in [0.2, 0.25) is 7.37 Å². The highest BCUT2D eigenvalue weighted by Crippen LogP contribution is 2.50. The SMILES string of the molecule is CC(C)P(=O)(O)C(C)C#N. The van der Waals surface area contributed by atoms with Gasteiger partial charge in [0, 0.05) is 5.66 Å². The van der Waals surface area contributed by atoms with E-state index >= 15 is 0 Å². The molecule has 0 aromatic rings. The minimum absolute atomic E-state index is 0.317. The molecule has 0 amide bonds. The second-order valence-corrected chi connectivity index (χ2v) is 5.72. The van der Waals surface area contributed by atoms with Gasteiger partial charge in [-0.15, -0.1) is 0 Å². The highest BCUT2D eigenvalue weighted by molar-refractivity contribution is 7.59. The van der Waals surface area contributed by atoms with Crippen molar-refractivity contribution in [1.29, 1.82) is 5.26 Å². The zero-order valence-corrected chi connectivity index (χ0v) is 7.30. The van der Waals surface area contributed by atoms with Crippen molar-refractivity contribution < 1.29 is 9.46 Å². The van der Waals surface area contributed by atoms with Gasteiger partial charge in [0.1, 0.15) is 5.66 Å². The zero-order valence-electron chi connectivity index (χ0n) is 6.40. The summed E-state index contributed by atoms with van der Waals surface area (Å²) < 4.78 is 11.2. The first kappa shape index (κ1) is 9.68. The second kappa shape index (κ2) is 3.18. The molecule has 0 saturated carbocycles. The van der Waals surface area contributed by atoms with Gasteiger partial charge in [0.05, 0.1) is 6.07 Å². The van der Waals surface area contributed by atoms with Crippen LogP contribution in [0.4, 0.5) is 0 Å². The fourth-order valence-corrected chi connectivity index (χ4v) is 1.59. The summed E-state index contributed by atoms with van der Waals surface area (Å²) in [6, 6.07) is 1.77. The molecule has 1 N–H and O–H groups in total. The van der Waals surface area contributed by atoms with Crippen molar-refractivity contribution in [2.45, 2.75) is 32.1 Å². The summed E-state index contributed by atoms with van der Waals surface area (Å²) in [6.45, 7) is 4.77. The maximum atomic E-state index is 11.2. The molecule has 0 bridgehead atoms. The first-order valence-electron chi connectivity index (χ1n) is 3.14. The van der Waals surface area contributed by atoms with Crippen LogP contribution in [-0.2, 0) is 4.57 Å². The van der Waals surface area contributed by atoms with Gasteiger partial charge in [-0.1, -0.05) is 13.8 Å². The van der Waals surface area contributed by atoms with Crippen LogP contribution in [-0.4, -0.2) is 16.2 Å². The lowest BCUT2D eigenvalue weighted by Gasteiger charge is -2.16. The van der Waals surface area contributed by atoms with E-state index in [1.54, 1.807) is 19.9 Å². The van der Waals surface area contributed by atoms with Crippen molar-refractivity contribution in [3.05, 3.63) is 0 Å². The Morgan fingerprint density at radius 3 is 2.00 bits per heavy atom. The Morgan fingerprint density at radius 2 is 1.90 bits per heavy atom. The molecule has 0 fully saturated rings. The summed E-state index contributed by atoms with van der Waals surface area (Å²) in [5.41, 5.74) is -1.06. The first-order valence-corrected chi connectivity index (χ1v) is 4.94. The minimum Gasteiger partial charge on any atom is -0.343 e. The quantitative estimate of drug-likeness (QED) is 0.625. The Labute approximate surface area is 61.1 Å². The number of hydrogen-bond acceptors (Lipinski definition) is 2. The molecule has 0 rings (SSSR count). The first-order chi connectivity index (χ1) is 4.42. The molecule has 10 heavy (non-hydrogen) atoms. The smallest absolute Gasteiger partial charge is 0.219 e. The van der Waals surface area contributed by atoms with Gasteiger partial charge in [0.25, 0.3) is 0 Å². The largest absolute Gasteiger partial charge is 0.343 e. The summed E-state index contributed by atoms with van der Waals surface area (Å²) >= 11 is 0. The molecule has 0 aliphatic heterocycles. The zero-order chi connectivity index (χ0) is 8.36. The van der Waals surface area contributed by atoms with Crippen molar-refractivity contribution in [3.8, 4) is 6.07 Å². The Kier molecular flexibility index (Phi) is 3.08. The van der Waals surface area contributed by atoms with Crippen LogP contribution >= 0.6 is 7.37 Å². The van der Waals surface area contributed by atoms with Crippen molar-refractivity contribution in [2.75, 3.05) is 0 Å². The van der Waals surface area contributed by atoms with Crippen LogP contribution < -0.4 is 0 Å². The maximum absolute atomic E-state index is 11.2. The Hall–Kier alpha value is -0.320. The molecule has 3 nitrogen and oxygen atoms in total. The number of rotatable bonds is 2. The van der Waals surface area contributed by atoms with E-state index < -0.39 is 13.0 Å².